The van der Waals surface area contributed by atoms with Crippen molar-refractivity contribution in [1.29, 1.82) is 0 Å². The van der Waals surface area contributed by atoms with Crippen molar-refractivity contribution < 1.29 is 0 Å². The smallest absolute Gasteiger partial charge is 0.0403 e. The molecule has 0 aliphatic heterocycles. The Kier molecular flexibility index (Phi) is 3.98. The van der Waals surface area contributed by atoms with Gasteiger partial charge in [-0.15, -0.1) is 0 Å². The fourth-order valence-electron chi connectivity index (χ4n) is 1.79. The molecule has 0 atom stereocenters. The van der Waals surface area contributed by atoms with Crippen LogP contribution in [0.2, 0.25) is 0 Å². The predicted octanol–water partition coefficient (Wildman–Crippen LogP) is 4.44. The number of anilines is 1. The SMILES string of the molecule is C=Cc1ccccc1/C=C/N(C)c1ccccc1. The van der Waals surface area contributed by atoms with E-state index in [1.165, 1.54) is 11.3 Å². The number of hydrogen-bond donors (Lipinski definition) is 0. The highest BCUT2D eigenvalue weighted by molar-refractivity contribution is 5.66. The average molecular weight is 235 g/mol. The average Bonchev–Trinajstić information content (AvgIpc) is 2.46. The topological polar surface area (TPSA) is 3.24 Å². The lowest BCUT2D eigenvalue weighted by atomic mass is 10.1. The standard InChI is InChI=1S/C17H17N/c1-3-15-9-7-8-10-16(15)13-14-18(2)17-11-5-4-6-12-17/h3-14H,1H2,2H3/b14-13+. The van der Waals surface area contributed by atoms with Crippen molar-refractivity contribution in [3.8, 4) is 0 Å². The Morgan fingerprint density at radius 2 is 1.50 bits per heavy atom. The van der Waals surface area contributed by atoms with E-state index in [1.54, 1.807) is 0 Å². The molecule has 0 saturated heterocycles. The van der Waals surface area contributed by atoms with E-state index in [0.29, 0.717) is 0 Å². The van der Waals surface area contributed by atoms with Crippen molar-refractivity contribution in [2.45, 2.75) is 0 Å². The maximum Gasteiger partial charge on any atom is 0.0403 e. The third kappa shape index (κ3) is 2.89. The van der Waals surface area contributed by atoms with Gasteiger partial charge in [0.05, 0.1) is 0 Å². The molecule has 0 saturated carbocycles. The molecule has 0 radical (unpaired) electrons. The molecular formula is C17H17N. The van der Waals surface area contributed by atoms with Crippen LogP contribution in [0.3, 0.4) is 0 Å². The van der Waals surface area contributed by atoms with Crippen molar-refractivity contribution in [1.82, 2.24) is 0 Å². The molecule has 2 rings (SSSR count). The van der Waals surface area contributed by atoms with Crippen LogP contribution >= 0.6 is 0 Å². The molecule has 18 heavy (non-hydrogen) atoms. The molecule has 0 aliphatic carbocycles. The van der Waals surface area contributed by atoms with Gasteiger partial charge >= 0.3 is 0 Å². The van der Waals surface area contributed by atoms with Crippen LogP contribution in [-0.4, -0.2) is 7.05 Å². The molecule has 0 bridgehead atoms. The Labute approximate surface area is 109 Å². The summed E-state index contributed by atoms with van der Waals surface area (Å²) in [6.45, 7) is 3.83. The molecule has 0 N–H and O–H groups in total. The Morgan fingerprint density at radius 3 is 2.17 bits per heavy atom. The highest BCUT2D eigenvalue weighted by Crippen LogP contribution is 2.15. The first-order valence-electron chi connectivity index (χ1n) is 5.99. The number of benzene rings is 2. The van der Waals surface area contributed by atoms with Gasteiger partial charge in [0.1, 0.15) is 0 Å². The van der Waals surface area contributed by atoms with Crippen LogP contribution < -0.4 is 4.90 Å². The molecule has 2 aromatic rings. The van der Waals surface area contributed by atoms with Gasteiger partial charge in [-0.1, -0.05) is 55.1 Å². The van der Waals surface area contributed by atoms with Crippen LogP contribution in [0.4, 0.5) is 5.69 Å². The first kappa shape index (κ1) is 12.2. The predicted molar refractivity (Wildman–Crippen MR) is 80.4 cm³/mol. The van der Waals surface area contributed by atoms with Crippen molar-refractivity contribution in [2.75, 3.05) is 11.9 Å². The van der Waals surface area contributed by atoms with Gasteiger partial charge in [0, 0.05) is 18.9 Å². The van der Waals surface area contributed by atoms with E-state index in [1.807, 2.05) is 43.5 Å². The van der Waals surface area contributed by atoms with Crippen molar-refractivity contribution >= 4 is 17.8 Å². The van der Waals surface area contributed by atoms with E-state index in [2.05, 4.69) is 48.0 Å². The first-order chi connectivity index (χ1) is 8.81. The molecule has 0 aromatic heterocycles. The second-order valence-electron chi connectivity index (χ2n) is 4.10. The Hall–Kier alpha value is -2.28. The minimum atomic E-state index is 1.15. The van der Waals surface area contributed by atoms with E-state index in [0.717, 1.165) is 5.56 Å². The van der Waals surface area contributed by atoms with Gasteiger partial charge in [-0.2, -0.15) is 0 Å². The van der Waals surface area contributed by atoms with Crippen LogP contribution in [0.25, 0.3) is 12.2 Å². The van der Waals surface area contributed by atoms with Gasteiger partial charge in [0.15, 0.2) is 0 Å². The van der Waals surface area contributed by atoms with E-state index in [9.17, 15) is 0 Å². The molecule has 90 valence electrons. The summed E-state index contributed by atoms with van der Waals surface area (Å²) in [7, 11) is 2.04. The lowest BCUT2D eigenvalue weighted by Crippen LogP contribution is -2.06. The van der Waals surface area contributed by atoms with Gasteiger partial charge in [0.25, 0.3) is 0 Å². The summed E-state index contributed by atoms with van der Waals surface area (Å²) in [5.41, 5.74) is 3.50. The minimum absolute atomic E-state index is 1.15. The molecule has 0 amide bonds. The fourth-order valence-corrected chi connectivity index (χ4v) is 1.79. The summed E-state index contributed by atoms with van der Waals surface area (Å²) in [6, 6.07) is 18.5. The molecule has 0 spiro atoms. The molecule has 0 fully saturated rings. The van der Waals surface area contributed by atoms with E-state index in [-0.39, 0.29) is 0 Å². The van der Waals surface area contributed by atoms with Gasteiger partial charge in [-0.25, -0.2) is 0 Å². The molecular weight excluding hydrogens is 218 g/mol. The molecule has 1 nitrogen and oxygen atoms in total. The number of hydrogen-bond acceptors (Lipinski definition) is 1. The third-order valence-corrected chi connectivity index (χ3v) is 2.86. The zero-order valence-corrected chi connectivity index (χ0v) is 10.6. The largest absolute Gasteiger partial charge is 0.351 e. The number of para-hydroxylation sites is 1. The van der Waals surface area contributed by atoms with Gasteiger partial charge in [-0.05, 0) is 29.3 Å². The Balaban J connectivity index is 2.18. The summed E-state index contributed by atoms with van der Waals surface area (Å²) < 4.78 is 0. The minimum Gasteiger partial charge on any atom is -0.351 e. The maximum absolute atomic E-state index is 3.83. The quantitative estimate of drug-likeness (QED) is 0.757. The number of nitrogens with zero attached hydrogens (tertiary/aromatic N) is 1. The van der Waals surface area contributed by atoms with Crippen molar-refractivity contribution in [3.05, 3.63) is 78.5 Å². The van der Waals surface area contributed by atoms with Gasteiger partial charge < -0.3 is 4.90 Å². The lowest BCUT2D eigenvalue weighted by Gasteiger charge is -2.13. The fraction of sp³-hybridized carbons (Fsp3) is 0.0588. The zero-order valence-electron chi connectivity index (χ0n) is 10.6. The van der Waals surface area contributed by atoms with Crippen LogP contribution in [0, 0.1) is 0 Å². The molecule has 0 aliphatic rings. The summed E-state index contributed by atoms with van der Waals surface area (Å²) in [5.74, 6) is 0. The summed E-state index contributed by atoms with van der Waals surface area (Å²) in [6.07, 6.45) is 6.05. The maximum atomic E-state index is 3.83. The van der Waals surface area contributed by atoms with Crippen LogP contribution in [0.15, 0.2) is 67.4 Å². The first-order valence-corrected chi connectivity index (χ1v) is 5.99. The lowest BCUT2D eigenvalue weighted by molar-refractivity contribution is 1.21. The zero-order chi connectivity index (χ0) is 12.8. The summed E-state index contributed by atoms with van der Waals surface area (Å²) in [4.78, 5) is 2.10. The van der Waals surface area contributed by atoms with Gasteiger partial charge in [0.2, 0.25) is 0 Å². The summed E-state index contributed by atoms with van der Waals surface area (Å²) in [5, 5.41) is 0. The normalized spacial score (nSPS) is 10.5. The highest BCUT2D eigenvalue weighted by Gasteiger charge is 1.96. The third-order valence-electron chi connectivity index (χ3n) is 2.86. The van der Waals surface area contributed by atoms with Crippen LogP contribution in [-0.2, 0) is 0 Å². The van der Waals surface area contributed by atoms with Crippen LogP contribution in [0.1, 0.15) is 11.1 Å². The van der Waals surface area contributed by atoms with Crippen LogP contribution in [0.5, 0.6) is 0 Å². The highest BCUT2D eigenvalue weighted by atomic mass is 15.1. The molecule has 0 heterocycles. The number of rotatable bonds is 4. The van der Waals surface area contributed by atoms with E-state index in [4.69, 9.17) is 0 Å². The molecule has 1 heteroatoms. The second kappa shape index (κ2) is 5.87. The Morgan fingerprint density at radius 1 is 0.889 bits per heavy atom. The van der Waals surface area contributed by atoms with E-state index < -0.39 is 0 Å². The van der Waals surface area contributed by atoms with Crippen molar-refractivity contribution in [3.63, 3.8) is 0 Å². The van der Waals surface area contributed by atoms with E-state index >= 15 is 0 Å². The summed E-state index contributed by atoms with van der Waals surface area (Å²) >= 11 is 0. The molecule has 2 aromatic carbocycles. The monoisotopic (exact) mass is 235 g/mol. The molecule has 0 unspecified atom stereocenters. The van der Waals surface area contributed by atoms with Crippen molar-refractivity contribution in [2.24, 2.45) is 0 Å². The second-order valence-corrected chi connectivity index (χ2v) is 4.10. The van der Waals surface area contributed by atoms with Gasteiger partial charge in [-0.3, -0.25) is 0 Å². The Bertz CT molecular complexity index is 541.